The molecule has 35 heavy (non-hydrogen) atoms. The Hall–Kier alpha value is -3.85. The van der Waals surface area contributed by atoms with Crippen LogP contribution in [0.1, 0.15) is 35.5 Å². The van der Waals surface area contributed by atoms with E-state index in [-0.39, 0.29) is 35.1 Å². The SMILES string of the molecule is CCOc1cc(C2/C(=C(\O)c3nc4c(C)cccn4c3C)C(=O)C(=O)N2CCN(C)C)ccc1O. The van der Waals surface area contributed by atoms with Crippen LogP contribution < -0.4 is 4.74 Å². The summed E-state index contributed by atoms with van der Waals surface area (Å²) >= 11 is 0. The number of likely N-dealkylation sites (tertiary alicyclic amines) is 1. The number of imidazole rings is 1. The van der Waals surface area contributed by atoms with Gasteiger partial charge in [0.25, 0.3) is 11.7 Å². The molecule has 1 atom stereocenters. The average molecular weight is 479 g/mol. The van der Waals surface area contributed by atoms with E-state index in [0.29, 0.717) is 30.1 Å². The van der Waals surface area contributed by atoms with Crippen LogP contribution in [-0.2, 0) is 9.59 Å². The van der Waals surface area contributed by atoms with Crippen molar-refractivity contribution in [2.75, 3.05) is 33.8 Å². The highest BCUT2D eigenvalue weighted by Crippen LogP contribution is 2.42. The van der Waals surface area contributed by atoms with Crippen LogP contribution in [0.5, 0.6) is 11.5 Å². The summed E-state index contributed by atoms with van der Waals surface area (Å²) in [6.45, 7) is 6.64. The lowest BCUT2D eigenvalue weighted by molar-refractivity contribution is -0.140. The first-order chi connectivity index (χ1) is 16.6. The Kier molecular flexibility index (Phi) is 6.53. The fourth-order valence-corrected chi connectivity index (χ4v) is 4.41. The maximum absolute atomic E-state index is 13.3. The van der Waals surface area contributed by atoms with Crippen LogP contribution in [0.3, 0.4) is 0 Å². The number of ether oxygens (including phenoxy) is 1. The molecule has 3 heterocycles. The van der Waals surface area contributed by atoms with Gasteiger partial charge in [-0.15, -0.1) is 0 Å². The van der Waals surface area contributed by atoms with E-state index in [0.717, 1.165) is 5.56 Å². The molecule has 9 heteroatoms. The first kappa shape index (κ1) is 24.3. The smallest absolute Gasteiger partial charge is 0.295 e. The van der Waals surface area contributed by atoms with Crippen molar-refractivity contribution in [2.24, 2.45) is 0 Å². The number of benzene rings is 1. The summed E-state index contributed by atoms with van der Waals surface area (Å²) in [4.78, 5) is 34.4. The zero-order valence-corrected chi connectivity index (χ0v) is 20.6. The van der Waals surface area contributed by atoms with Crippen LogP contribution in [0.4, 0.5) is 0 Å². The Morgan fingerprint density at radius 2 is 1.94 bits per heavy atom. The summed E-state index contributed by atoms with van der Waals surface area (Å²) in [5, 5.41) is 21.6. The molecule has 0 aliphatic carbocycles. The predicted octanol–water partition coefficient (Wildman–Crippen LogP) is 3.04. The van der Waals surface area contributed by atoms with Crippen molar-refractivity contribution in [1.82, 2.24) is 19.2 Å². The zero-order valence-electron chi connectivity index (χ0n) is 20.6. The molecular formula is C26H30N4O5. The Morgan fingerprint density at radius 3 is 2.60 bits per heavy atom. The molecule has 1 aliphatic heterocycles. The molecule has 0 bridgehead atoms. The lowest BCUT2D eigenvalue weighted by Gasteiger charge is -2.27. The number of aryl methyl sites for hydroxylation is 2. The van der Waals surface area contributed by atoms with Gasteiger partial charge in [-0.3, -0.25) is 9.59 Å². The van der Waals surface area contributed by atoms with Crippen molar-refractivity contribution in [3.05, 3.63) is 64.6 Å². The number of carbonyl (C=O) groups is 2. The van der Waals surface area contributed by atoms with E-state index < -0.39 is 17.7 Å². The van der Waals surface area contributed by atoms with Crippen LogP contribution in [0.15, 0.2) is 42.1 Å². The molecule has 1 fully saturated rings. The number of nitrogens with zero attached hydrogens (tertiary/aromatic N) is 4. The fourth-order valence-electron chi connectivity index (χ4n) is 4.41. The average Bonchev–Trinajstić information content (AvgIpc) is 3.29. The highest BCUT2D eigenvalue weighted by Gasteiger charge is 2.46. The molecule has 3 aromatic rings. The van der Waals surface area contributed by atoms with E-state index in [1.54, 1.807) is 26.0 Å². The van der Waals surface area contributed by atoms with Crippen LogP contribution >= 0.6 is 0 Å². The standard InChI is InChI=1S/C26H30N4O5/c1-6-35-19-14-17(9-10-18(19)31)22-20(24(33)26(34)30(22)13-12-28(4)5)23(32)21-16(3)29-11-7-8-15(2)25(29)27-21/h7-11,14,22,31-32H,6,12-13H2,1-5H3/b23-20+. The molecule has 1 aliphatic rings. The molecule has 1 saturated heterocycles. The van der Waals surface area contributed by atoms with Crippen molar-refractivity contribution in [3.8, 4) is 11.5 Å². The number of likely N-dealkylation sites (N-methyl/N-ethyl adjacent to an activating group) is 1. The van der Waals surface area contributed by atoms with Crippen molar-refractivity contribution < 1.29 is 24.5 Å². The predicted molar refractivity (Wildman–Crippen MR) is 132 cm³/mol. The number of aromatic nitrogens is 2. The number of aliphatic hydroxyl groups is 1. The van der Waals surface area contributed by atoms with Gasteiger partial charge in [0.15, 0.2) is 17.3 Å². The minimum absolute atomic E-state index is 0.0361. The third-order valence-electron chi connectivity index (χ3n) is 6.24. The number of hydrogen-bond acceptors (Lipinski definition) is 7. The molecule has 1 amide bonds. The zero-order chi connectivity index (χ0) is 25.4. The molecule has 0 saturated carbocycles. The Bertz CT molecular complexity index is 1340. The number of rotatable bonds is 7. The van der Waals surface area contributed by atoms with Crippen LogP contribution in [0, 0.1) is 13.8 Å². The van der Waals surface area contributed by atoms with Crippen molar-refractivity contribution >= 4 is 23.1 Å². The Morgan fingerprint density at radius 1 is 1.20 bits per heavy atom. The molecule has 2 aromatic heterocycles. The molecular weight excluding hydrogens is 448 g/mol. The highest BCUT2D eigenvalue weighted by molar-refractivity contribution is 6.46. The van der Waals surface area contributed by atoms with Gasteiger partial charge in [0.1, 0.15) is 11.3 Å². The second-order valence-corrected chi connectivity index (χ2v) is 8.89. The third-order valence-corrected chi connectivity index (χ3v) is 6.24. The summed E-state index contributed by atoms with van der Waals surface area (Å²) in [7, 11) is 3.75. The normalized spacial score (nSPS) is 17.7. The summed E-state index contributed by atoms with van der Waals surface area (Å²) in [5.41, 5.74) is 2.99. The largest absolute Gasteiger partial charge is 0.505 e. The number of hydrogen-bond donors (Lipinski definition) is 2. The van der Waals surface area contributed by atoms with Crippen LogP contribution in [0.2, 0.25) is 0 Å². The number of aliphatic hydroxyl groups excluding tert-OH is 1. The third kappa shape index (κ3) is 4.23. The van der Waals surface area contributed by atoms with Gasteiger partial charge in [0, 0.05) is 19.3 Å². The van der Waals surface area contributed by atoms with Crippen molar-refractivity contribution in [2.45, 2.75) is 26.8 Å². The fraction of sp³-hybridized carbons (Fsp3) is 0.346. The van der Waals surface area contributed by atoms with Gasteiger partial charge < -0.3 is 29.2 Å². The summed E-state index contributed by atoms with van der Waals surface area (Å²) in [6.07, 6.45) is 1.84. The summed E-state index contributed by atoms with van der Waals surface area (Å²) in [6, 6.07) is 7.63. The number of pyridine rings is 1. The number of amides is 1. The molecule has 1 unspecified atom stereocenters. The number of fused-ring (bicyclic) bond motifs is 1. The van der Waals surface area contributed by atoms with Gasteiger partial charge in [-0.25, -0.2) is 4.98 Å². The number of aromatic hydroxyl groups is 1. The molecule has 9 nitrogen and oxygen atoms in total. The van der Waals surface area contributed by atoms with Crippen molar-refractivity contribution in [1.29, 1.82) is 0 Å². The molecule has 0 radical (unpaired) electrons. The van der Waals surface area contributed by atoms with E-state index >= 15 is 0 Å². The molecule has 184 valence electrons. The van der Waals surface area contributed by atoms with E-state index in [1.807, 2.05) is 48.6 Å². The quantitative estimate of drug-likeness (QED) is 0.305. The monoisotopic (exact) mass is 478 g/mol. The van der Waals surface area contributed by atoms with Gasteiger partial charge in [0.05, 0.1) is 23.9 Å². The number of Topliss-reactive ketones (excluding diaryl/α,β-unsaturated/α-hetero) is 1. The van der Waals surface area contributed by atoms with Crippen LogP contribution in [-0.4, -0.2) is 74.9 Å². The lowest BCUT2D eigenvalue weighted by atomic mass is 9.96. The first-order valence-electron chi connectivity index (χ1n) is 11.5. The number of phenolic OH excluding ortho intramolecular Hbond substituents is 1. The lowest BCUT2D eigenvalue weighted by Crippen LogP contribution is -2.35. The minimum Gasteiger partial charge on any atom is -0.505 e. The van der Waals surface area contributed by atoms with Crippen molar-refractivity contribution in [3.63, 3.8) is 0 Å². The van der Waals surface area contributed by atoms with Gasteiger partial charge in [-0.05, 0) is 64.2 Å². The second kappa shape index (κ2) is 9.42. The molecule has 1 aromatic carbocycles. The number of ketones is 1. The van der Waals surface area contributed by atoms with Crippen LogP contribution in [0.25, 0.3) is 11.4 Å². The topological polar surface area (TPSA) is 108 Å². The van der Waals surface area contributed by atoms with Gasteiger partial charge in [-0.1, -0.05) is 12.1 Å². The Labute approximate surface area is 203 Å². The minimum atomic E-state index is -0.861. The van der Waals surface area contributed by atoms with Gasteiger partial charge in [-0.2, -0.15) is 0 Å². The number of phenols is 1. The van der Waals surface area contributed by atoms with E-state index in [9.17, 15) is 19.8 Å². The van der Waals surface area contributed by atoms with E-state index in [1.165, 1.54) is 11.0 Å². The van der Waals surface area contributed by atoms with Gasteiger partial charge in [0.2, 0.25) is 0 Å². The van der Waals surface area contributed by atoms with E-state index in [4.69, 9.17) is 4.74 Å². The maximum atomic E-state index is 13.3. The highest BCUT2D eigenvalue weighted by atomic mass is 16.5. The van der Waals surface area contributed by atoms with Gasteiger partial charge >= 0.3 is 0 Å². The van der Waals surface area contributed by atoms with E-state index in [2.05, 4.69) is 4.98 Å². The maximum Gasteiger partial charge on any atom is 0.295 e. The first-order valence-corrected chi connectivity index (χ1v) is 11.5. The molecule has 4 rings (SSSR count). The molecule has 2 N–H and O–H groups in total. The summed E-state index contributed by atoms with van der Waals surface area (Å²) < 4.78 is 7.38. The summed E-state index contributed by atoms with van der Waals surface area (Å²) in [5.74, 6) is -1.60. The second-order valence-electron chi connectivity index (χ2n) is 8.89. The Balaban J connectivity index is 1.93. The molecule has 0 spiro atoms. The number of carbonyl (C=O) groups excluding carboxylic acids is 2.